The highest BCUT2D eigenvalue weighted by Gasteiger charge is 2.14. The van der Waals surface area contributed by atoms with Crippen LogP contribution in [-0.2, 0) is 6.42 Å². The smallest absolute Gasteiger partial charge is 0.122 e. The van der Waals surface area contributed by atoms with Gasteiger partial charge < -0.3 is 10.1 Å². The van der Waals surface area contributed by atoms with E-state index in [4.69, 9.17) is 16.3 Å². The fourth-order valence-corrected chi connectivity index (χ4v) is 3.10. The molecule has 0 aliphatic carbocycles. The molecule has 0 bridgehead atoms. The molecule has 0 aliphatic heterocycles. The van der Waals surface area contributed by atoms with Crippen molar-refractivity contribution in [2.75, 3.05) is 14.2 Å². The van der Waals surface area contributed by atoms with E-state index in [1.807, 2.05) is 26.1 Å². The molecule has 2 rings (SSSR count). The number of benzene rings is 2. The van der Waals surface area contributed by atoms with Crippen LogP contribution in [-0.4, -0.2) is 14.2 Å². The number of aryl methyl sites for hydroxylation is 1. The van der Waals surface area contributed by atoms with Crippen LogP contribution in [0.2, 0.25) is 5.02 Å². The predicted octanol–water partition coefficient (Wildman–Crippen LogP) is 4.92. The fraction of sp³-hybridized carbons (Fsp3) is 0.294. The van der Waals surface area contributed by atoms with Gasteiger partial charge in [-0.05, 0) is 55.3 Å². The van der Waals surface area contributed by atoms with Gasteiger partial charge >= 0.3 is 0 Å². The van der Waals surface area contributed by atoms with Gasteiger partial charge in [0.1, 0.15) is 5.75 Å². The van der Waals surface area contributed by atoms with Crippen LogP contribution in [0.4, 0.5) is 0 Å². The van der Waals surface area contributed by atoms with E-state index in [2.05, 4.69) is 45.5 Å². The van der Waals surface area contributed by atoms with E-state index in [9.17, 15) is 0 Å². The lowest BCUT2D eigenvalue weighted by molar-refractivity contribution is 0.410. The molecule has 21 heavy (non-hydrogen) atoms. The summed E-state index contributed by atoms with van der Waals surface area (Å²) < 4.78 is 6.40. The molecule has 0 aromatic heterocycles. The van der Waals surface area contributed by atoms with Crippen LogP contribution in [0.5, 0.6) is 5.75 Å². The summed E-state index contributed by atoms with van der Waals surface area (Å²) >= 11 is 9.75. The summed E-state index contributed by atoms with van der Waals surface area (Å²) in [5, 5.41) is 4.13. The zero-order chi connectivity index (χ0) is 15.4. The third-order valence-corrected chi connectivity index (χ3v) is 4.47. The minimum absolute atomic E-state index is 0.193. The van der Waals surface area contributed by atoms with Gasteiger partial charge in [-0.1, -0.05) is 45.7 Å². The maximum atomic E-state index is 6.32. The lowest BCUT2D eigenvalue weighted by Crippen LogP contribution is -2.19. The van der Waals surface area contributed by atoms with Crippen molar-refractivity contribution in [3.63, 3.8) is 0 Å². The zero-order valence-corrected chi connectivity index (χ0v) is 14.8. The molecule has 0 saturated carbocycles. The lowest BCUT2D eigenvalue weighted by Gasteiger charge is -2.19. The van der Waals surface area contributed by atoms with Crippen molar-refractivity contribution in [2.24, 2.45) is 0 Å². The number of hydrogen-bond acceptors (Lipinski definition) is 2. The number of ether oxygens (including phenoxy) is 1. The molecule has 0 spiro atoms. The summed E-state index contributed by atoms with van der Waals surface area (Å²) in [6.07, 6.45) is 0.828. The van der Waals surface area contributed by atoms with Crippen LogP contribution in [0, 0.1) is 6.92 Å². The van der Waals surface area contributed by atoms with E-state index >= 15 is 0 Å². The highest BCUT2D eigenvalue weighted by molar-refractivity contribution is 9.10. The summed E-state index contributed by atoms with van der Waals surface area (Å²) in [5.41, 5.74) is 3.45. The van der Waals surface area contributed by atoms with Crippen LogP contribution in [0.15, 0.2) is 40.9 Å². The molecule has 0 fully saturated rings. The second kappa shape index (κ2) is 7.30. The second-order valence-corrected chi connectivity index (χ2v) is 6.33. The van der Waals surface area contributed by atoms with Crippen LogP contribution in [0.3, 0.4) is 0 Å². The Hall–Kier alpha value is -1.03. The van der Waals surface area contributed by atoms with Gasteiger partial charge in [-0.15, -0.1) is 0 Å². The molecular formula is C17H19BrClNO. The third-order valence-electron chi connectivity index (χ3n) is 3.62. The summed E-state index contributed by atoms with van der Waals surface area (Å²) in [5.74, 6) is 0.912. The van der Waals surface area contributed by atoms with Crippen molar-refractivity contribution in [1.82, 2.24) is 5.32 Å². The Kier molecular flexibility index (Phi) is 5.68. The van der Waals surface area contributed by atoms with Crippen LogP contribution >= 0.6 is 27.5 Å². The maximum absolute atomic E-state index is 6.32. The molecule has 1 unspecified atom stereocenters. The van der Waals surface area contributed by atoms with Gasteiger partial charge in [0.15, 0.2) is 0 Å². The van der Waals surface area contributed by atoms with E-state index in [0.29, 0.717) is 0 Å². The van der Waals surface area contributed by atoms with Crippen LogP contribution in [0.1, 0.15) is 22.7 Å². The number of hydrogen-bond donors (Lipinski definition) is 1. The molecule has 0 radical (unpaired) electrons. The number of nitrogens with one attached hydrogen (secondary N) is 1. The average Bonchev–Trinajstić information content (AvgIpc) is 2.47. The fourth-order valence-electron chi connectivity index (χ4n) is 2.35. The quantitative estimate of drug-likeness (QED) is 0.808. The number of rotatable bonds is 5. The topological polar surface area (TPSA) is 21.3 Å². The van der Waals surface area contributed by atoms with Gasteiger partial charge in [0.2, 0.25) is 0 Å². The minimum Gasteiger partial charge on any atom is -0.496 e. The van der Waals surface area contributed by atoms with Crippen molar-refractivity contribution in [3.05, 3.63) is 62.6 Å². The third kappa shape index (κ3) is 4.00. The SMILES string of the molecule is CNC(Cc1ccc(Br)cc1Cl)c1ccc(C)c(OC)c1. The van der Waals surface area contributed by atoms with E-state index in [1.54, 1.807) is 7.11 Å². The maximum Gasteiger partial charge on any atom is 0.122 e. The molecule has 2 nitrogen and oxygen atoms in total. The molecule has 4 heteroatoms. The summed E-state index contributed by atoms with van der Waals surface area (Å²) in [7, 11) is 3.66. The average molecular weight is 369 g/mol. The van der Waals surface area contributed by atoms with Gasteiger partial charge in [-0.3, -0.25) is 0 Å². The molecule has 0 saturated heterocycles. The molecule has 0 amide bonds. The lowest BCUT2D eigenvalue weighted by atomic mass is 9.97. The Morgan fingerprint density at radius 1 is 1.24 bits per heavy atom. The summed E-state index contributed by atoms with van der Waals surface area (Å²) in [4.78, 5) is 0. The van der Waals surface area contributed by atoms with Crippen molar-refractivity contribution < 1.29 is 4.74 Å². The van der Waals surface area contributed by atoms with Crippen molar-refractivity contribution in [3.8, 4) is 5.75 Å². The molecule has 0 aliphatic rings. The standard InChI is InChI=1S/C17H19BrClNO/c1-11-4-5-13(9-17(11)21-3)16(20-2)8-12-6-7-14(18)10-15(12)19/h4-7,9-10,16,20H,8H2,1-3H3. The van der Waals surface area contributed by atoms with E-state index in [0.717, 1.165) is 32.8 Å². The van der Waals surface area contributed by atoms with E-state index in [1.165, 1.54) is 5.56 Å². The number of methoxy groups -OCH3 is 1. The monoisotopic (exact) mass is 367 g/mol. The summed E-state index contributed by atoms with van der Waals surface area (Å²) in [6, 6.07) is 12.5. The van der Waals surface area contributed by atoms with Gasteiger partial charge in [-0.2, -0.15) is 0 Å². The van der Waals surface area contributed by atoms with Crippen LogP contribution < -0.4 is 10.1 Å². The molecule has 2 aromatic rings. The largest absolute Gasteiger partial charge is 0.496 e. The zero-order valence-electron chi connectivity index (χ0n) is 12.4. The van der Waals surface area contributed by atoms with E-state index in [-0.39, 0.29) is 6.04 Å². The van der Waals surface area contributed by atoms with Crippen LogP contribution in [0.25, 0.3) is 0 Å². The van der Waals surface area contributed by atoms with Crippen molar-refractivity contribution in [2.45, 2.75) is 19.4 Å². The van der Waals surface area contributed by atoms with E-state index < -0.39 is 0 Å². The molecule has 0 heterocycles. The highest BCUT2D eigenvalue weighted by Crippen LogP contribution is 2.28. The first-order chi connectivity index (χ1) is 10.0. The Bertz CT molecular complexity index is 630. The van der Waals surface area contributed by atoms with Crippen molar-refractivity contribution >= 4 is 27.5 Å². The highest BCUT2D eigenvalue weighted by atomic mass is 79.9. The first kappa shape index (κ1) is 16.3. The first-order valence-corrected chi connectivity index (χ1v) is 7.98. The molecule has 2 aromatic carbocycles. The van der Waals surface area contributed by atoms with Crippen molar-refractivity contribution in [1.29, 1.82) is 0 Å². The molecule has 1 N–H and O–H groups in total. The second-order valence-electron chi connectivity index (χ2n) is 5.01. The molecule has 112 valence electrons. The Labute approximate surface area is 139 Å². The van der Waals surface area contributed by atoms with Gasteiger partial charge in [0.25, 0.3) is 0 Å². The summed E-state index contributed by atoms with van der Waals surface area (Å²) in [6.45, 7) is 2.04. The van der Waals surface area contributed by atoms with Gasteiger partial charge in [0, 0.05) is 15.5 Å². The van der Waals surface area contributed by atoms with Gasteiger partial charge in [-0.25, -0.2) is 0 Å². The Morgan fingerprint density at radius 3 is 2.62 bits per heavy atom. The Morgan fingerprint density at radius 2 is 2.00 bits per heavy atom. The first-order valence-electron chi connectivity index (χ1n) is 6.81. The minimum atomic E-state index is 0.193. The number of halogens is 2. The van der Waals surface area contributed by atoms with Gasteiger partial charge in [0.05, 0.1) is 7.11 Å². The number of likely N-dealkylation sites (N-methyl/N-ethyl adjacent to an activating group) is 1. The molecule has 1 atom stereocenters. The predicted molar refractivity (Wildman–Crippen MR) is 92.4 cm³/mol. The Balaban J connectivity index is 2.27. The molecular weight excluding hydrogens is 350 g/mol. The normalized spacial score (nSPS) is 12.2.